The number of nitrogen functional groups attached to an aromatic ring is 1. The molecule has 0 spiro atoms. The van der Waals surface area contributed by atoms with Gasteiger partial charge in [-0.15, -0.1) is 10.2 Å². The predicted molar refractivity (Wildman–Crippen MR) is 62.9 cm³/mol. The van der Waals surface area contributed by atoms with Crippen molar-refractivity contribution in [2.24, 2.45) is 0 Å². The Bertz CT molecular complexity index is 611. The molecule has 0 amide bonds. The molecule has 6 nitrogen and oxygen atoms in total. The van der Waals surface area contributed by atoms with E-state index < -0.39 is 17.6 Å². The van der Waals surface area contributed by atoms with E-state index in [9.17, 15) is 13.2 Å². The number of methoxy groups -OCH3 is 1. The Labute approximate surface area is 111 Å². The second-order valence-corrected chi connectivity index (χ2v) is 3.83. The summed E-state index contributed by atoms with van der Waals surface area (Å²) < 4.78 is 49.0. The number of hydrogen-bond donors (Lipinski definition) is 1. The van der Waals surface area contributed by atoms with Gasteiger partial charge in [0.2, 0.25) is 12.3 Å². The van der Waals surface area contributed by atoms with Crippen LogP contribution in [0.3, 0.4) is 0 Å². The van der Waals surface area contributed by atoms with Crippen LogP contribution in [0.15, 0.2) is 10.8 Å². The Balaban J connectivity index is 2.77. The topological polar surface area (TPSA) is 87.1 Å². The Morgan fingerprint density at radius 3 is 2.55 bits per heavy atom. The molecule has 0 aliphatic rings. The molecule has 2 heterocycles. The van der Waals surface area contributed by atoms with Crippen LogP contribution < -0.4 is 10.5 Å². The van der Waals surface area contributed by atoms with Crippen LogP contribution in [0.1, 0.15) is 18.1 Å². The summed E-state index contributed by atoms with van der Waals surface area (Å²) in [5, 5.41) is 7.04. The summed E-state index contributed by atoms with van der Waals surface area (Å²) in [6.45, 7) is 1.55. The number of aromatic nitrogens is 3. The molecule has 0 aliphatic carbocycles. The molecule has 2 rings (SSSR count). The fourth-order valence-corrected chi connectivity index (χ4v) is 1.87. The van der Waals surface area contributed by atoms with E-state index in [0.29, 0.717) is 0 Å². The van der Waals surface area contributed by atoms with Crippen molar-refractivity contribution >= 4 is 5.69 Å². The van der Waals surface area contributed by atoms with Crippen LogP contribution in [0.5, 0.6) is 5.88 Å². The normalized spacial score (nSPS) is 11.7. The smallest absolute Gasteiger partial charge is 0.421 e. The number of rotatable bonds is 3. The average Bonchev–Trinajstić information content (AvgIpc) is 2.90. The Morgan fingerprint density at radius 1 is 1.40 bits per heavy atom. The summed E-state index contributed by atoms with van der Waals surface area (Å²) >= 11 is 0. The highest BCUT2D eigenvalue weighted by Gasteiger charge is 2.39. The van der Waals surface area contributed by atoms with E-state index in [4.69, 9.17) is 14.9 Å². The molecule has 108 valence electrons. The van der Waals surface area contributed by atoms with Crippen molar-refractivity contribution in [3.63, 3.8) is 0 Å². The van der Waals surface area contributed by atoms with Gasteiger partial charge in [0.25, 0.3) is 5.89 Å². The van der Waals surface area contributed by atoms with Crippen LogP contribution in [-0.2, 0) is 12.6 Å². The highest BCUT2D eigenvalue weighted by Crippen LogP contribution is 2.42. The lowest BCUT2D eigenvalue weighted by Crippen LogP contribution is -2.15. The molecule has 0 aliphatic heterocycles. The largest absolute Gasteiger partial charge is 0.481 e. The first-order valence-corrected chi connectivity index (χ1v) is 5.60. The van der Waals surface area contributed by atoms with Crippen LogP contribution in [0.4, 0.5) is 18.9 Å². The van der Waals surface area contributed by atoms with E-state index in [1.165, 1.54) is 0 Å². The van der Waals surface area contributed by atoms with Gasteiger partial charge in [0.15, 0.2) is 5.69 Å². The molecule has 2 aromatic rings. The fourth-order valence-electron chi connectivity index (χ4n) is 1.87. The lowest BCUT2D eigenvalue weighted by molar-refractivity contribution is -0.139. The number of ether oxygens (including phenoxy) is 1. The molecular weight excluding hydrogens is 277 g/mol. The number of nitrogens with zero attached hydrogens (tertiary/aromatic N) is 3. The molecule has 0 saturated carbocycles. The van der Waals surface area contributed by atoms with Gasteiger partial charge in [-0.2, -0.15) is 13.2 Å². The van der Waals surface area contributed by atoms with E-state index in [1.54, 1.807) is 6.92 Å². The molecule has 0 saturated heterocycles. The predicted octanol–water partition coefficient (Wildman–Crippen LogP) is 2.30. The summed E-state index contributed by atoms with van der Waals surface area (Å²) in [6, 6.07) is 0. The van der Waals surface area contributed by atoms with E-state index >= 15 is 0 Å². The zero-order valence-electron chi connectivity index (χ0n) is 10.7. The zero-order valence-corrected chi connectivity index (χ0v) is 10.7. The van der Waals surface area contributed by atoms with Crippen LogP contribution in [0.2, 0.25) is 0 Å². The van der Waals surface area contributed by atoms with Crippen LogP contribution in [0, 0.1) is 0 Å². The van der Waals surface area contributed by atoms with Crippen LogP contribution in [0.25, 0.3) is 11.6 Å². The highest BCUT2D eigenvalue weighted by molar-refractivity contribution is 5.72. The quantitative estimate of drug-likeness (QED) is 0.932. The molecule has 0 unspecified atom stereocenters. The number of pyridine rings is 1. The van der Waals surface area contributed by atoms with E-state index in [2.05, 4.69) is 15.2 Å². The third-order valence-electron chi connectivity index (χ3n) is 2.70. The van der Waals surface area contributed by atoms with Crippen molar-refractivity contribution in [1.29, 1.82) is 0 Å². The zero-order chi connectivity index (χ0) is 14.9. The van der Waals surface area contributed by atoms with Gasteiger partial charge in [-0.05, 0) is 12.0 Å². The van der Waals surface area contributed by atoms with Gasteiger partial charge in [-0.1, -0.05) is 6.92 Å². The van der Waals surface area contributed by atoms with Crippen molar-refractivity contribution in [3.05, 3.63) is 17.5 Å². The van der Waals surface area contributed by atoms with Crippen molar-refractivity contribution in [1.82, 2.24) is 15.2 Å². The minimum Gasteiger partial charge on any atom is -0.481 e. The minimum atomic E-state index is -4.62. The number of anilines is 1. The summed E-state index contributed by atoms with van der Waals surface area (Å²) in [7, 11) is 1.10. The van der Waals surface area contributed by atoms with E-state index in [-0.39, 0.29) is 29.3 Å². The lowest BCUT2D eigenvalue weighted by atomic mass is 10.0. The number of alkyl halides is 3. The molecule has 2 N–H and O–H groups in total. The van der Waals surface area contributed by atoms with Crippen molar-refractivity contribution < 1.29 is 22.3 Å². The van der Waals surface area contributed by atoms with E-state index in [0.717, 1.165) is 13.5 Å². The molecule has 0 bridgehead atoms. The molecule has 0 fully saturated rings. The van der Waals surface area contributed by atoms with Crippen LogP contribution in [-0.4, -0.2) is 22.3 Å². The molecule has 20 heavy (non-hydrogen) atoms. The minimum absolute atomic E-state index is 0.0239. The van der Waals surface area contributed by atoms with Crippen molar-refractivity contribution in [3.8, 4) is 17.5 Å². The second-order valence-electron chi connectivity index (χ2n) is 3.83. The summed E-state index contributed by atoms with van der Waals surface area (Å²) in [6.07, 6.45) is -3.53. The fraction of sp³-hybridized carbons (Fsp3) is 0.364. The van der Waals surface area contributed by atoms with Gasteiger partial charge in [-0.3, -0.25) is 0 Å². The highest BCUT2D eigenvalue weighted by atomic mass is 19.4. The lowest BCUT2D eigenvalue weighted by Gasteiger charge is -2.18. The first-order valence-electron chi connectivity index (χ1n) is 5.60. The molecule has 2 aromatic heterocycles. The Morgan fingerprint density at radius 2 is 2.10 bits per heavy atom. The summed E-state index contributed by atoms with van der Waals surface area (Å²) in [5.41, 5.74) is 4.49. The van der Waals surface area contributed by atoms with Gasteiger partial charge in [0.1, 0.15) is 5.56 Å². The Hall–Kier alpha value is -2.32. The molecule has 0 radical (unpaired) electrons. The molecule has 0 atom stereocenters. The van der Waals surface area contributed by atoms with Crippen molar-refractivity contribution in [2.75, 3.05) is 12.8 Å². The standard InChI is InChI=1S/C11H11F3N4O2/c1-3-5-6(11(12,13)14)9(19-2)17-8(7(5)15)10-18-16-4-20-10/h4H,3,15H2,1-2H3. The van der Waals surface area contributed by atoms with Gasteiger partial charge >= 0.3 is 6.18 Å². The first-order chi connectivity index (χ1) is 9.40. The number of hydrogen-bond acceptors (Lipinski definition) is 6. The second kappa shape index (κ2) is 4.99. The molecular formula is C11H11F3N4O2. The van der Waals surface area contributed by atoms with Crippen LogP contribution >= 0.6 is 0 Å². The molecule has 0 aromatic carbocycles. The average molecular weight is 288 g/mol. The maximum absolute atomic E-state index is 13.1. The van der Waals surface area contributed by atoms with Gasteiger partial charge < -0.3 is 14.9 Å². The third-order valence-corrected chi connectivity index (χ3v) is 2.70. The number of nitrogens with two attached hydrogens (primary N) is 1. The first kappa shape index (κ1) is 14.1. The molecule has 9 heteroatoms. The monoisotopic (exact) mass is 288 g/mol. The third kappa shape index (κ3) is 2.26. The summed E-state index contributed by atoms with van der Waals surface area (Å²) in [4.78, 5) is 3.74. The van der Waals surface area contributed by atoms with E-state index in [1.807, 2.05) is 0 Å². The SMILES string of the molecule is CCc1c(N)c(-c2nnco2)nc(OC)c1C(F)(F)F. The Kier molecular flexibility index (Phi) is 3.51. The van der Waals surface area contributed by atoms with Crippen molar-refractivity contribution in [2.45, 2.75) is 19.5 Å². The number of halogens is 3. The maximum Gasteiger partial charge on any atom is 0.421 e. The van der Waals surface area contributed by atoms with Gasteiger partial charge in [-0.25, -0.2) is 4.98 Å². The maximum atomic E-state index is 13.1. The summed E-state index contributed by atoms with van der Waals surface area (Å²) in [5.74, 6) is -0.638. The van der Waals surface area contributed by atoms with Gasteiger partial charge in [0, 0.05) is 0 Å². The van der Waals surface area contributed by atoms with Gasteiger partial charge in [0.05, 0.1) is 12.8 Å².